The highest BCUT2D eigenvalue weighted by atomic mass is 32.2. The van der Waals surface area contributed by atoms with Crippen LogP contribution < -0.4 is 0 Å². The zero-order valence-corrected chi connectivity index (χ0v) is 10.6. The molecule has 1 heterocycles. The summed E-state index contributed by atoms with van der Waals surface area (Å²) in [6.07, 6.45) is -0.307. The zero-order valence-electron chi connectivity index (χ0n) is 9.74. The summed E-state index contributed by atoms with van der Waals surface area (Å²) in [5.74, 6) is 0.953. The fourth-order valence-electron chi connectivity index (χ4n) is 1.15. The van der Waals surface area contributed by atoms with Gasteiger partial charge in [0.05, 0.1) is 6.54 Å². The molecule has 86 valence electrons. The lowest BCUT2D eigenvalue weighted by Gasteiger charge is -2.25. The summed E-state index contributed by atoms with van der Waals surface area (Å²) in [6.45, 7) is 8.90. The zero-order chi connectivity index (χ0) is 11.5. The van der Waals surface area contributed by atoms with Crippen LogP contribution in [0.2, 0.25) is 0 Å². The van der Waals surface area contributed by atoms with Gasteiger partial charge in [0.25, 0.3) is 0 Å². The van der Waals surface area contributed by atoms with Gasteiger partial charge in [-0.25, -0.2) is 4.79 Å². The highest BCUT2D eigenvalue weighted by Gasteiger charge is 2.26. The summed E-state index contributed by atoms with van der Waals surface area (Å²) in [4.78, 5) is 17.6. The molecule has 1 aliphatic heterocycles. The van der Waals surface area contributed by atoms with Gasteiger partial charge >= 0.3 is 6.09 Å². The fraction of sp³-hybridized carbons (Fsp3) is 0.800. The van der Waals surface area contributed by atoms with E-state index in [2.05, 4.69) is 4.99 Å². The number of thioether (sulfide) groups is 1. The summed E-state index contributed by atoms with van der Waals surface area (Å²) < 4.78 is 5.30. The molecule has 15 heavy (non-hydrogen) atoms. The molecular weight excluding hydrogens is 212 g/mol. The van der Waals surface area contributed by atoms with Crippen LogP contribution in [-0.4, -0.2) is 40.6 Å². The number of carbonyl (C=O) groups excluding carboxylic acids is 1. The lowest BCUT2D eigenvalue weighted by molar-refractivity contribution is 0.0381. The van der Waals surface area contributed by atoms with Gasteiger partial charge in [0, 0.05) is 12.3 Å². The number of hydrogen-bond acceptors (Lipinski definition) is 4. The lowest BCUT2D eigenvalue weighted by Crippen LogP contribution is -2.39. The van der Waals surface area contributed by atoms with Crippen molar-refractivity contribution in [3.63, 3.8) is 0 Å². The Labute approximate surface area is 95.1 Å². The van der Waals surface area contributed by atoms with Gasteiger partial charge in [-0.05, 0) is 27.7 Å². The van der Waals surface area contributed by atoms with E-state index in [-0.39, 0.29) is 6.09 Å². The Kier molecular flexibility index (Phi) is 4.02. The monoisotopic (exact) mass is 230 g/mol. The molecule has 0 saturated carbocycles. The Bertz CT molecular complexity index is 271. The molecule has 0 aromatic rings. The largest absolute Gasteiger partial charge is 0.443 e. The Morgan fingerprint density at radius 1 is 1.60 bits per heavy atom. The summed E-state index contributed by atoms with van der Waals surface area (Å²) >= 11 is 1.60. The number of amidine groups is 1. The second kappa shape index (κ2) is 4.88. The van der Waals surface area contributed by atoms with Gasteiger partial charge in [-0.2, -0.15) is 0 Å². The number of carbonyl (C=O) groups is 1. The van der Waals surface area contributed by atoms with Crippen LogP contribution in [0.3, 0.4) is 0 Å². The predicted octanol–water partition coefficient (Wildman–Crippen LogP) is 2.35. The van der Waals surface area contributed by atoms with Gasteiger partial charge < -0.3 is 4.74 Å². The Balaban J connectivity index is 2.62. The van der Waals surface area contributed by atoms with E-state index in [1.807, 2.05) is 27.7 Å². The quantitative estimate of drug-likeness (QED) is 0.694. The van der Waals surface area contributed by atoms with Crippen LogP contribution in [0.4, 0.5) is 4.79 Å². The molecule has 4 nitrogen and oxygen atoms in total. The van der Waals surface area contributed by atoms with Crippen molar-refractivity contribution in [2.24, 2.45) is 4.99 Å². The second-order valence-corrected chi connectivity index (χ2v) is 5.30. The normalized spacial score (nSPS) is 16.1. The molecule has 0 saturated heterocycles. The Hall–Kier alpha value is -0.710. The van der Waals surface area contributed by atoms with Gasteiger partial charge in [0.15, 0.2) is 5.17 Å². The average Bonchev–Trinajstić information content (AvgIpc) is 2.54. The molecule has 1 aliphatic rings. The van der Waals surface area contributed by atoms with Crippen LogP contribution in [0.5, 0.6) is 0 Å². The molecule has 0 aromatic heterocycles. The van der Waals surface area contributed by atoms with E-state index in [1.54, 1.807) is 16.7 Å². The summed E-state index contributed by atoms with van der Waals surface area (Å²) in [7, 11) is 0. The van der Waals surface area contributed by atoms with Crippen LogP contribution in [0.25, 0.3) is 0 Å². The third-order valence-electron chi connectivity index (χ3n) is 1.73. The van der Waals surface area contributed by atoms with E-state index in [0.717, 1.165) is 17.5 Å². The van der Waals surface area contributed by atoms with Crippen molar-refractivity contribution in [2.75, 3.05) is 18.8 Å². The number of aliphatic imine (C=N–C) groups is 1. The summed E-state index contributed by atoms with van der Waals surface area (Å²) in [6, 6.07) is 0. The predicted molar refractivity (Wildman–Crippen MR) is 63.4 cm³/mol. The maximum absolute atomic E-state index is 11.8. The van der Waals surface area contributed by atoms with Gasteiger partial charge in [-0.15, -0.1) is 0 Å². The highest BCUT2D eigenvalue weighted by Crippen LogP contribution is 2.18. The van der Waals surface area contributed by atoms with E-state index < -0.39 is 5.60 Å². The Morgan fingerprint density at radius 2 is 2.27 bits per heavy atom. The minimum Gasteiger partial charge on any atom is -0.443 e. The van der Waals surface area contributed by atoms with Crippen LogP contribution in [0.15, 0.2) is 4.99 Å². The molecule has 0 atom stereocenters. The third kappa shape index (κ3) is 3.74. The first kappa shape index (κ1) is 12.4. The standard InChI is InChI=1S/C10H18N2O2S/c1-5-12(8-11-6-7-15-8)9(13)14-10(2,3)4/h5-7H2,1-4H3. The molecule has 0 aliphatic carbocycles. The van der Waals surface area contributed by atoms with E-state index >= 15 is 0 Å². The summed E-state index contributed by atoms with van der Waals surface area (Å²) in [5.41, 5.74) is -0.450. The number of rotatable bonds is 1. The molecule has 1 amide bonds. The molecule has 1 rings (SSSR count). The van der Waals surface area contributed by atoms with Crippen molar-refractivity contribution in [1.29, 1.82) is 0 Å². The molecule has 0 unspecified atom stereocenters. The van der Waals surface area contributed by atoms with Crippen molar-refractivity contribution in [1.82, 2.24) is 4.90 Å². The van der Waals surface area contributed by atoms with Crippen molar-refractivity contribution < 1.29 is 9.53 Å². The molecule has 0 bridgehead atoms. The fourth-order valence-corrected chi connectivity index (χ4v) is 2.05. The molecule has 0 N–H and O–H groups in total. The van der Waals surface area contributed by atoms with Crippen molar-refractivity contribution >= 4 is 23.0 Å². The van der Waals surface area contributed by atoms with Gasteiger partial charge in [-0.3, -0.25) is 9.89 Å². The van der Waals surface area contributed by atoms with Crippen LogP contribution in [0.1, 0.15) is 27.7 Å². The molecule has 5 heteroatoms. The minimum atomic E-state index is -0.450. The number of amides is 1. The maximum Gasteiger partial charge on any atom is 0.416 e. The Morgan fingerprint density at radius 3 is 2.67 bits per heavy atom. The first-order valence-electron chi connectivity index (χ1n) is 5.12. The first-order chi connectivity index (χ1) is 6.94. The molecular formula is C10H18N2O2S. The van der Waals surface area contributed by atoms with Crippen LogP contribution >= 0.6 is 11.8 Å². The number of hydrogen-bond donors (Lipinski definition) is 0. The topological polar surface area (TPSA) is 41.9 Å². The number of ether oxygens (including phenoxy) is 1. The van der Waals surface area contributed by atoms with E-state index in [0.29, 0.717) is 6.54 Å². The van der Waals surface area contributed by atoms with Crippen LogP contribution in [0, 0.1) is 0 Å². The van der Waals surface area contributed by atoms with Gasteiger partial charge in [-0.1, -0.05) is 11.8 Å². The molecule has 0 radical (unpaired) electrons. The lowest BCUT2D eigenvalue weighted by atomic mass is 10.2. The third-order valence-corrected chi connectivity index (χ3v) is 2.72. The molecule has 0 aromatic carbocycles. The van der Waals surface area contributed by atoms with Gasteiger partial charge in [0.1, 0.15) is 5.60 Å². The molecule has 0 fully saturated rings. The van der Waals surface area contributed by atoms with Crippen molar-refractivity contribution in [3.05, 3.63) is 0 Å². The second-order valence-electron chi connectivity index (χ2n) is 4.24. The van der Waals surface area contributed by atoms with E-state index in [1.165, 1.54) is 0 Å². The molecule has 0 spiro atoms. The van der Waals surface area contributed by atoms with Gasteiger partial charge in [0.2, 0.25) is 0 Å². The first-order valence-corrected chi connectivity index (χ1v) is 6.10. The van der Waals surface area contributed by atoms with E-state index in [9.17, 15) is 4.79 Å². The summed E-state index contributed by atoms with van der Waals surface area (Å²) in [5, 5.41) is 0.784. The van der Waals surface area contributed by atoms with Crippen LogP contribution in [-0.2, 0) is 4.74 Å². The SMILES string of the molecule is CCN(C(=O)OC(C)(C)C)C1=NCCS1. The smallest absolute Gasteiger partial charge is 0.416 e. The maximum atomic E-state index is 11.8. The minimum absolute atomic E-state index is 0.307. The number of nitrogens with zero attached hydrogens (tertiary/aromatic N) is 2. The van der Waals surface area contributed by atoms with Crippen molar-refractivity contribution in [2.45, 2.75) is 33.3 Å². The van der Waals surface area contributed by atoms with E-state index in [4.69, 9.17) is 4.74 Å². The highest BCUT2D eigenvalue weighted by molar-refractivity contribution is 8.14. The van der Waals surface area contributed by atoms with Crippen molar-refractivity contribution in [3.8, 4) is 0 Å². The average molecular weight is 230 g/mol.